The average molecular weight is 252 g/mol. The number of para-hydroxylation sites is 2. The number of nitrogens with zero attached hydrogens (tertiary/aromatic N) is 2. The average Bonchev–Trinajstić information content (AvgIpc) is 2.76. The predicted molar refractivity (Wildman–Crippen MR) is 77.2 cm³/mol. The molecule has 0 aliphatic heterocycles. The molecule has 96 valence electrons. The Morgan fingerprint density at radius 3 is 2.68 bits per heavy atom. The van der Waals surface area contributed by atoms with Gasteiger partial charge in [0.2, 0.25) is 0 Å². The van der Waals surface area contributed by atoms with E-state index in [0.29, 0.717) is 0 Å². The first-order valence-corrected chi connectivity index (χ1v) is 6.46. The number of hydrogen-bond donors (Lipinski definition) is 1. The second kappa shape index (κ2) is 4.43. The lowest BCUT2D eigenvalue weighted by atomic mass is 10.1. The van der Waals surface area contributed by atoms with E-state index in [1.165, 1.54) is 0 Å². The van der Waals surface area contributed by atoms with Gasteiger partial charge in [0, 0.05) is 6.54 Å². The first-order valence-electron chi connectivity index (χ1n) is 6.46. The summed E-state index contributed by atoms with van der Waals surface area (Å²) < 4.78 is 2.12. The van der Waals surface area contributed by atoms with Crippen LogP contribution in [0.4, 0.5) is 0 Å². The van der Waals surface area contributed by atoms with Crippen molar-refractivity contribution in [1.82, 2.24) is 9.55 Å². The predicted octanol–water partition coefficient (Wildman–Crippen LogP) is 3.74. The maximum absolute atomic E-state index is 10.1. The van der Waals surface area contributed by atoms with E-state index >= 15 is 0 Å². The normalized spacial score (nSPS) is 11.1. The van der Waals surface area contributed by atoms with Gasteiger partial charge in [-0.25, -0.2) is 4.98 Å². The smallest absolute Gasteiger partial charge is 0.144 e. The minimum atomic E-state index is 0.282. The number of phenols is 1. The number of imidazole rings is 1. The summed E-state index contributed by atoms with van der Waals surface area (Å²) in [6, 6.07) is 13.7. The third kappa shape index (κ3) is 1.87. The summed E-state index contributed by atoms with van der Waals surface area (Å²) in [7, 11) is 0. The lowest BCUT2D eigenvalue weighted by Gasteiger charge is -2.08. The molecule has 3 heteroatoms. The molecule has 3 nitrogen and oxygen atoms in total. The third-order valence-electron chi connectivity index (χ3n) is 3.36. The molecular formula is C16H16N2O. The largest absolute Gasteiger partial charge is 0.507 e. The van der Waals surface area contributed by atoms with Crippen LogP contribution in [0, 0.1) is 6.92 Å². The van der Waals surface area contributed by atoms with Crippen LogP contribution >= 0.6 is 0 Å². The summed E-state index contributed by atoms with van der Waals surface area (Å²) in [4.78, 5) is 4.65. The standard InChI is InChI=1S/C16H16N2O/c1-3-18-14-7-5-4-6-13(14)17-16(18)12-9-8-11(2)10-15(12)19/h4-10,19H,3H2,1-2H3. The highest BCUT2D eigenvalue weighted by atomic mass is 16.3. The van der Waals surface area contributed by atoms with Crippen LogP contribution in [0.1, 0.15) is 12.5 Å². The highest BCUT2D eigenvalue weighted by Gasteiger charge is 2.14. The molecule has 0 saturated heterocycles. The second-order valence-corrected chi connectivity index (χ2v) is 4.69. The minimum absolute atomic E-state index is 0.282. The fourth-order valence-electron chi connectivity index (χ4n) is 2.43. The van der Waals surface area contributed by atoms with Gasteiger partial charge in [-0.3, -0.25) is 0 Å². The topological polar surface area (TPSA) is 38.0 Å². The van der Waals surface area contributed by atoms with Crippen LogP contribution in [-0.4, -0.2) is 14.7 Å². The van der Waals surface area contributed by atoms with Crippen LogP contribution in [0.15, 0.2) is 42.5 Å². The molecule has 2 aromatic carbocycles. The zero-order valence-corrected chi connectivity index (χ0v) is 11.1. The monoisotopic (exact) mass is 252 g/mol. The maximum atomic E-state index is 10.1. The number of phenolic OH excluding ortho intramolecular Hbond substituents is 1. The molecule has 0 radical (unpaired) electrons. The van der Waals surface area contributed by atoms with Crippen molar-refractivity contribution in [3.05, 3.63) is 48.0 Å². The van der Waals surface area contributed by atoms with Crippen molar-refractivity contribution >= 4 is 11.0 Å². The molecule has 0 spiro atoms. The number of aromatic nitrogens is 2. The highest BCUT2D eigenvalue weighted by molar-refractivity contribution is 5.81. The zero-order valence-electron chi connectivity index (χ0n) is 11.1. The number of benzene rings is 2. The third-order valence-corrected chi connectivity index (χ3v) is 3.36. The molecule has 0 amide bonds. The van der Waals surface area contributed by atoms with E-state index in [1.54, 1.807) is 6.07 Å². The zero-order chi connectivity index (χ0) is 13.4. The fourth-order valence-corrected chi connectivity index (χ4v) is 2.43. The van der Waals surface area contributed by atoms with Gasteiger partial charge in [0.25, 0.3) is 0 Å². The summed E-state index contributed by atoms with van der Waals surface area (Å²) >= 11 is 0. The fraction of sp³-hybridized carbons (Fsp3) is 0.188. The summed E-state index contributed by atoms with van der Waals surface area (Å²) in [5.41, 5.74) is 3.88. The van der Waals surface area contributed by atoms with Gasteiger partial charge in [-0.1, -0.05) is 18.2 Å². The number of aryl methyl sites for hydroxylation is 2. The van der Waals surface area contributed by atoms with Gasteiger partial charge in [-0.05, 0) is 43.7 Å². The Morgan fingerprint density at radius 2 is 1.95 bits per heavy atom. The quantitative estimate of drug-likeness (QED) is 0.754. The van der Waals surface area contributed by atoms with E-state index in [9.17, 15) is 5.11 Å². The van der Waals surface area contributed by atoms with E-state index in [2.05, 4.69) is 22.5 Å². The van der Waals surface area contributed by atoms with E-state index in [0.717, 1.165) is 34.5 Å². The first kappa shape index (κ1) is 11.8. The number of fused-ring (bicyclic) bond motifs is 1. The van der Waals surface area contributed by atoms with Crippen LogP contribution in [0.2, 0.25) is 0 Å². The molecule has 0 aliphatic rings. The molecule has 1 heterocycles. The van der Waals surface area contributed by atoms with Crippen LogP contribution in [0.3, 0.4) is 0 Å². The van der Waals surface area contributed by atoms with Crippen LogP contribution < -0.4 is 0 Å². The highest BCUT2D eigenvalue weighted by Crippen LogP contribution is 2.31. The van der Waals surface area contributed by atoms with E-state index in [-0.39, 0.29) is 5.75 Å². The van der Waals surface area contributed by atoms with Gasteiger partial charge >= 0.3 is 0 Å². The minimum Gasteiger partial charge on any atom is -0.507 e. The first-order chi connectivity index (χ1) is 9.20. The Balaban J connectivity index is 2.30. The second-order valence-electron chi connectivity index (χ2n) is 4.69. The molecule has 19 heavy (non-hydrogen) atoms. The van der Waals surface area contributed by atoms with Gasteiger partial charge in [-0.2, -0.15) is 0 Å². The molecule has 0 atom stereocenters. The molecule has 0 bridgehead atoms. The SMILES string of the molecule is CCn1c(-c2ccc(C)cc2O)nc2ccccc21. The number of rotatable bonds is 2. The Hall–Kier alpha value is -2.29. The van der Waals surface area contributed by atoms with Crippen LogP contribution in [0.25, 0.3) is 22.4 Å². The molecule has 1 N–H and O–H groups in total. The summed E-state index contributed by atoms with van der Waals surface area (Å²) in [6.07, 6.45) is 0. The van der Waals surface area contributed by atoms with Crippen LogP contribution in [0.5, 0.6) is 5.75 Å². The molecule has 0 fully saturated rings. The van der Waals surface area contributed by atoms with Crippen molar-refractivity contribution in [2.75, 3.05) is 0 Å². The van der Waals surface area contributed by atoms with Gasteiger partial charge in [0.05, 0.1) is 16.6 Å². The Kier molecular flexibility index (Phi) is 2.75. The molecular weight excluding hydrogens is 236 g/mol. The van der Waals surface area contributed by atoms with Crippen molar-refractivity contribution < 1.29 is 5.11 Å². The van der Waals surface area contributed by atoms with E-state index in [1.807, 2.05) is 37.3 Å². The maximum Gasteiger partial charge on any atom is 0.144 e. The molecule has 0 aliphatic carbocycles. The molecule has 3 aromatic rings. The van der Waals surface area contributed by atoms with Crippen molar-refractivity contribution in [2.45, 2.75) is 20.4 Å². The van der Waals surface area contributed by atoms with Crippen molar-refractivity contribution in [3.8, 4) is 17.1 Å². The van der Waals surface area contributed by atoms with Gasteiger partial charge in [-0.15, -0.1) is 0 Å². The lowest BCUT2D eigenvalue weighted by Crippen LogP contribution is -1.97. The number of hydrogen-bond acceptors (Lipinski definition) is 2. The van der Waals surface area contributed by atoms with E-state index < -0.39 is 0 Å². The lowest BCUT2D eigenvalue weighted by molar-refractivity contribution is 0.476. The van der Waals surface area contributed by atoms with E-state index in [4.69, 9.17) is 0 Å². The van der Waals surface area contributed by atoms with Crippen molar-refractivity contribution in [2.24, 2.45) is 0 Å². The molecule has 0 saturated carbocycles. The summed E-state index contributed by atoms with van der Waals surface area (Å²) in [6.45, 7) is 4.87. The molecule has 1 aromatic heterocycles. The molecule has 3 rings (SSSR count). The number of aromatic hydroxyl groups is 1. The summed E-state index contributed by atoms with van der Waals surface area (Å²) in [5, 5.41) is 10.1. The van der Waals surface area contributed by atoms with Gasteiger partial charge < -0.3 is 9.67 Å². The Morgan fingerprint density at radius 1 is 1.16 bits per heavy atom. The van der Waals surface area contributed by atoms with Gasteiger partial charge in [0.15, 0.2) is 0 Å². The summed E-state index contributed by atoms with van der Waals surface area (Å²) in [5.74, 6) is 1.10. The van der Waals surface area contributed by atoms with Crippen molar-refractivity contribution in [3.63, 3.8) is 0 Å². The van der Waals surface area contributed by atoms with Gasteiger partial charge in [0.1, 0.15) is 11.6 Å². The Bertz CT molecular complexity index is 744. The van der Waals surface area contributed by atoms with Crippen molar-refractivity contribution in [1.29, 1.82) is 0 Å². The Labute approximate surface area is 112 Å². The molecule has 0 unspecified atom stereocenters. The van der Waals surface area contributed by atoms with Crippen LogP contribution in [-0.2, 0) is 6.54 Å².